The lowest BCUT2D eigenvalue weighted by molar-refractivity contribution is -0.130. The summed E-state index contributed by atoms with van der Waals surface area (Å²) < 4.78 is 0. The number of thiophene rings is 1. The van der Waals surface area contributed by atoms with Gasteiger partial charge < -0.3 is 15.1 Å². The Morgan fingerprint density at radius 2 is 2.00 bits per heavy atom. The SMILES string of the molecule is O=C(CCNC(=O)Nc1cccs1)NOC(=O)N1CCC2CCCCC2C1. The van der Waals surface area contributed by atoms with Crippen LogP contribution in [-0.2, 0) is 9.63 Å². The fourth-order valence-corrected chi connectivity index (χ4v) is 4.39. The highest BCUT2D eigenvalue weighted by Crippen LogP contribution is 2.36. The van der Waals surface area contributed by atoms with Crippen LogP contribution < -0.4 is 16.1 Å². The molecule has 1 aromatic heterocycles. The minimum absolute atomic E-state index is 0.0237. The number of carbonyl (C=O) groups is 3. The monoisotopic (exact) mass is 394 g/mol. The van der Waals surface area contributed by atoms with Crippen LogP contribution in [0.25, 0.3) is 0 Å². The van der Waals surface area contributed by atoms with E-state index in [4.69, 9.17) is 4.84 Å². The minimum Gasteiger partial charge on any atom is -0.337 e. The van der Waals surface area contributed by atoms with Gasteiger partial charge in [0.1, 0.15) is 0 Å². The van der Waals surface area contributed by atoms with Crippen LogP contribution >= 0.6 is 11.3 Å². The number of urea groups is 1. The van der Waals surface area contributed by atoms with Crippen molar-refractivity contribution in [3.63, 3.8) is 0 Å². The molecule has 2 fully saturated rings. The lowest BCUT2D eigenvalue weighted by atomic mass is 9.75. The van der Waals surface area contributed by atoms with Crippen molar-refractivity contribution < 1.29 is 19.2 Å². The predicted molar refractivity (Wildman–Crippen MR) is 102 cm³/mol. The van der Waals surface area contributed by atoms with Crippen molar-refractivity contribution in [2.45, 2.75) is 38.5 Å². The summed E-state index contributed by atoms with van der Waals surface area (Å²) in [5.74, 6) is 0.831. The molecule has 3 rings (SSSR count). The van der Waals surface area contributed by atoms with E-state index in [0.29, 0.717) is 19.0 Å². The first-order valence-corrected chi connectivity index (χ1v) is 10.3. The zero-order valence-corrected chi connectivity index (χ0v) is 16.1. The van der Waals surface area contributed by atoms with Gasteiger partial charge in [0.25, 0.3) is 5.91 Å². The Bertz CT molecular complexity index is 652. The topological polar surface area (TPSA) is 99.8 Å². The second kappa shape index (κ2) is 9.59. The number of hydroxylamine groups is 1. The molecule has 1 aliphatic heterocycles. The van der Waals surface area contributed by atoms with E-state index in [-0.39, 0.29) is 19.0 Å². The zero-order chi connectivity index (χ0) is 19.1. The van der Waals surface area contributed by atoms with Crippen molar-refractivity contribution in [3.05, 3.63) is 17.5 Å². The van der Waals surface area contributed by atoms with Crippen molar-refractivity contribution in [1.82, 2.24) is 15.7 Å². The van der Waals surface area contributed by atoms with Gasteiger partial charge in [0.2, 0.25) is 0 Å². The quantitative estimate of drug-likeness (QED) is 0.684. The number of hydrogen-bond donors (Lipinski definition) is 3. The number of anilines is 1. The van der Waals surface area contributed by atoms with E-state index >= 15 is 0 Å². The number of piperidine rings is 1. The highest BCUT2D eigenvalue weighted by Gasteiger charge is 2.33. The normalized spacial score (nSPS) is 21.7. The molecular formula is C18H26N4O4S. The number of nitrogens with zero attached hydrogens (tertiary/aromatic N) is 1. The molecule has 3 N–H and O–H groups in total. The summed E-state index contributed by atoms with van der Waals surface area (Å²) in [5, 5.41) is 7.82. The molecule has 2 atom stereocenters. The Balaban J connectivity index is 1.29. The predicted octanol–water partition coefficient (Wildman–Crippen LogP) is 2.94. The molecule has 4 amide bonds. The third-order valence-electron chi connectivity index (χ3n) is 5.20. The maximum Gasteiger partial charge on any atom is 0.434 e. The van der Waals surface area contributed by atoms with Crippen molar-refractivity contribution in [2.24, 2.45) is 11.8 Å². The van der Waals surface area contributed by atoms with E-state index in [2.05, 4.69) is 16.1 Å². The van der Waals surface area contributed by atoms with Gasteiger partial charge in [-0.05, 0) is 42.2 Å². The van der Waals surface area contributed by atoms with Crippen LogP contribution in [0.5, 0.6) is 0 Å². The highest BCUT2D eigenvalue weighted by atomic mass is 32.1. The molecular weight excluding hydrogens is 368 g/mol. The van der Waals surface area contributed by atoms with Crippen molar-refractivity contribution >= 4 is 34.4 Å². The summed E-state index contributed by atoms with van der Waals surface area (Å²) in [7, 11) is 0. The van der Waals surface area contributed by atoms with Crippen LogP contribution in [0.15, 0.2) is 17.5 Å². The van der Waals surface area contributed by atoms with Gasteiger partial charge in [-0.3, -0.25) is 10.1 Å². The average Bonchev–Trinajstić information content (AvgIpc) is 3.18. The minimum atomic E-state index is -0.504. The molecule has 0 bridgehead atoms. The van der Waals surface area contributed by atoms with E-state index in [0.717, 1.165) is 17.3 Å². The lowest BCUT2D eigenvalue weighted by Crippen LogP contribution is -2.46. The molecule has 1 aromatic rings. The molecule has 9 heteroatoms. The Hall–Kier alpha value is -2.29. The molecule has 2 heterocycles. The molecule has 1 aliphatic carbocycles. The summed E-state index contributed by atoms with van der Waals surface area (Å²) in [4.78, 5) is 42.2. The number of likely N-dealkylation sites (tertiary alicyclic amines) is 1. The van der Waals surface area contributed by atoms with Gasteiger partial charge >= 0.3 is 12.1 Å². The van der Waals surface area contributed by atoms with Crippen LogP contribution in [-0.4, -0.2) is 42.6 Å². The van der Waals surface area contributed by atoms with Gasteiger partial charge in [-0.25, -0.2) is 9.59 Å². The van der Waals surface area contributed by atoms with Crippen LogP contribution in [0.1, 0.15) is 38.5 Å². The summed E-state index contributed by atoms with van der Waals surface area (Å²) in [5.41, 5.74) is 2.17. The molecule has 0 spiro atoms. The molecule has 0 radical (unpaired) electrons. The number of amides is 4. The maximum absolute atomic E-state index is 12.1. The van der Waals surface area contributed by atoms with E-state index in [1.165, 1.54) is 37.0 Å². The van der Waals surface area contributed by atoms with E-state index < -0.39 is 12.0 Å². The van der Waals surface area contributed by atoms with Crippen LogP contribution in [0.2, 0.25) is 0 Å². The molecule has 1 saturated heterocycles. The smallest absolute Gasteiger partial charge is 0.337 e. The molecule has 8 nitrogen and oxygen atoms in total. The van der Waals surface area contributed by atoms with E-state index in [1.807, 2.05) is 11.4 Å². The largest absolute Gasteiger partial charge is 0.434 e. The number of carbonyl (C=O) groups excluding carboxylic acids is 3. The number of nitrogens with one attached hydrogen (secondary N) is 3. The molecule has 2 unspecified atom stereocenters. The number of rotatable bonds is 4. The van der Waals surface area contributed by atoms with Gasteiger partial charge in [0.05, 0.1) is 5.00 Å². The standard InChI is InChI=1S/C18H26N4O4S/c23-15(7-9-19-17(24)20-16-6-3-11-27-16)21-26-18(25)22-10-8-13-4-1-2-5-14(13)12-22/h3,6,11,13-14H,1-2,4-5,7-10,12H2,(H,21,23)(H2,19,20,24). The fraction of sp³-hybridized carbons (Fsp3) is 0.611. The van der Waals surface area contributed by atoms with Crippen LogP contribution in [0.3, 0.4) is 0 Å². The van der Waals surface area contributed by atoms with Gasteiger partial charge in [-0.15, -0.1) is 11.3 Å². The third-order valence-corrected chi connectivity index (χ3v) is 5.98. The average molecular weight is 394 g/mol. The second-order valence-corrected chi connectivity index (χ2v) is 7.99. The van der Waals surface area contributed by atoms with E-state index in [9.17, 15) is 14.4 Å². The van der Waals surface area contributed by atoms with Crippen molar-refractivity contribution in [2.75, 3.05) is 25.0 Å². The van der Waals surface area contributed by atoms with Gasteiger partial charge in [-0.1, -0.05) is 19.3 Å². The van der Waals surface area contributed by atoms with Crippen LogP contribution in [0.4, 0.5) is 14.6 Å². The zero-order valence-electron chi connectivity index (χ0n) is 15.2. The summed E-state index contributed by atoms with van der Waals surface area (Å²) in [6.07, 6.45) is 5.48. The van der Waals surface area contributed by atoms with E-state index in [1.54, 1.807) is 11.0 Å². The molecule has 0 aromatic carbocycles. The van der Waals surface area contributed by atoms with Gasteiger partial charge in [-0.2, -0.15) is 5.48 Å². The first-order valence-electron chi connectivity index (χ1n) is 9.45. The fourth-order valence-electron chi connectivity index (χ4n) is 3.78. The van der Waals surface area contributed by atoms with Gasteiger partial charge in [0.15, 0.2) is 0 Å². The molecule has 2 aliphatic rings. The second-order valence-electron chi connectivity index (χ2n) is 7.04. The first-order chi connectivity index (χ1) is 13.1. The number of hydrogen-bond acceptors (Lipinski definition) is 5. The summed E-state index contributed by atoms with van der Waals surface area (Å²) >= 11 is 1.41. The molecule has 27 heavy (non-hydrogen) atoms. The summed E-state index contributed by atoms with van der Waals surface area (Å²) in [6.45, 7) is 1.54. The Kier molecular flexibility index (Phi) is 6.92. The number of fused-ring (bicyclic) bond motifs is 1. The molecule has 1 saturated carbocycles. The third kappa shape index (κ3) is 5.85. The summed E-state index contributed by atoms with van der Waals surface area (Å²) in [6, 6.07) is 3.24. The van der Waals surface area contributed by atoms with Crippen molar-refractivity contribution in [1.29, 1.82) is 0 Å². The molecule has 148 valence electrons. The van der Waals surface area contributed by atoms with Gasteiger partial charge in [0, 0.05) is 26.1 Å². The Morgan fingerprint density at radius 3 is 2.78 bits per heavy atom. The maximum atomic E-state index is 12.1. The van der Waals surface area contributed by atoms with Crippen molar-refractivity contribution in [3.8, 4) is 0 Å². The first kappa shape index (κ1) is 19.5. The highest BCUT2D eigenvalue weighted by molar-refractivity contribution is 7.14. The lowest BCUT2D eigenvalue weighted by Gasteiger charge is -2.40. The Labute approximate surface area is 162 Å². The van der Waals surface area contributed by atoms with Crippen LogP contribution in [0, 0.1) is 11.8 Å². The Morgan fingerprint density at radius 1 is 1.19 bits per heavy atom.